The van der Waals surface area contributed by atoms with Crippen LogP contribution in [0.2, 0.25) is 0 Å². The van der Waals surface area contributed by atoms with Crippen LogP contribution in [0.3, 0.4) is 0 Å². The van der Waals surface area contributed by atoms with E-state index in [4.69, 9.17) is 0 Å². The molecule has 0 radical (unpaired) electrons. The average molecular weight is 302 g/mol. The summed E-state index contributed by atoms with van der Waals surface area (Å²) in [7, 11) is 0. The minimum absolute atomic E-state index is 0.0803. The van der Waals surface area contributed by atoms with Crippen LogP contribution in [0.25, 0.3) is 0 Å². The van der Waals surface area contributed by atoms with E-state index in [1.165, 1.54) is 11.1 Å². The molecule has 120 valence electrons. The first-order chi connectivity index (χ1) is 10.3. The molecule has 0 heterocycles. The Hall–Kier alpha value is -0.930. The number of allylic oxidation sites excluding steroid dienone is 2. The zero-order valence-electron chi connectivity index (χ0n) is 13.5. The van der Waals surface area contributed by atoms with Crippen molar-refractivity contribution in [3.63, 3.8) is 0 Å². The van der Waals surface area contributed by atoms with Gasteiger partial charge < -0.3 is 10.2 Å². The second kappa shape index (κ2) is 4.55. The highest BCUT2D eigenvalue weighted by Gasteiger charge is 2.57. The lowest BCUT2D eigenvalue weighted by atomic mass is 9.48. The van der Waals surface area contributed by atoms with Gasteiger partial charge in [-0.2, -0.15) is 0 Å². The zero-order valence-corrected chi connectivity index (χ0v) is 13.5. The Morgan fingerprint density at radius 3 is 2.73 bits per heavy atom. The molecule has 4 aliphatic carbocycles. The third kappa shape index (κ3) is 1.78. The molecule has 0 aromatic heterocycles. The fraction of sp³-hybridized carbons (Fsp3) is 0.737. The normalized spacial score (nSPS) is 50.6. The molecule has 0 unspecified atom stereocenters. The molecule has 2 fully saturated rings. The number of hydrogen-bond acceptors (Lipinski definition) is 3. The maximum atomic E-state index is 12.0. The van der Waals surface area contributed by atoms with E-state index < -0.39 is 6.10 Å². The van der Waals surface area contributed by atoms with Crippen molar-refractivity contribution in [2.75, 3.05) is 0 Å². The van der Waals surface area contributed by atoms with E-state index in [1.54, 1.807) is 0 Å². The number of ketones is 1. The molecule has 3 nitrogen and oxygen atoms in total. The molecule has 0 bridgehead atoms. The fourth-order valence-electron chi connectivity index (χ4n) is 5.85. The number of aliphatic hydroxyl groups excluding tert-OH is 2. The van der Waals surface area contributed by atoms with Crippen LogP contribution in [0.15, 0.2) is 23.3 Å². The van der Waals surface area contributed by atoms with Crippen molar-refractivity contribution >= 4 is 5.78 Å². The highest BCUT2D eigenvalue weighted by Crippen LogP contribution is 2.63. The third-order valence-electron chi connectivity index (χ3n) is 7.24. The first-order valence-corrected chi connectivity index (χ1v) is 8.67. The van der Waals surface area contributed by atoms with Crippen molar-refractivity contribution in [2.24, 2.45) is 22.7 Å². The number of rotatable bonds is 0. The summed E-state index contributed by atoms with van der Waals surface area (Å²) in [6, 6.07) is 0. The summed E-state index contributed by atoms with van der Waals surface area (Å²) >= 11 is 0. The Morgan fingerprint density at radius 2 is 1.95 bits per heavy atom. The summed E-state index contributed by atoms with van der Waals surface area (Å²) in [4.78, 5) is 12.0. The molecule has 2 N–H and O–H groups in total. The van der Waals surface area contributed by atoms with Crippen molar-refractivity contribution in [2.45, 2.75) is 64.6 Å². The molecule has 0 aromatic carbocycles. The second-order valence-corrected chi connectivity index (χ2v) is 8.38. The summed E-state index contributed by atoms with van der Waals surface area (Å²) in [5.74, 6) is 1.01. The maximum absolute atomic E-state index is 12.0. The van der Waals surface area contributed by atoms with Crippen LogP contribution >= 0.6 is 0 Å². The van der Waals surface area contributed by atoms with Crippen LogP contribution in [-0.2, 0) is 4.79 Å². The lowest BCUT2D eigenvalue weighted by Gasteiger charge is -2.57. The number of carbonyl (C=O) groups is 1. The van der Waals surface area contributed by atoms with E-state index in [9.17, 15) is 15.0 Å². The standard InChI is InChI=1S/C19H26O3/c1-18-6-5-12(20)7-11(18)3-4-14-15-8-13(21)10-19(15,2)17(22)9-16(14)18/h7-8,12,14,16-17,20,22H,3-6,9-10H2,1-2H3/t12-,14-,16-,17+,18-,19+/m0/s1. The minimum atomic E-state index is -0.422. The van der Waals surface area contributed by atoms with Gasteiger partial charge in [0.05, 0.1) is 12.2 Å². The van der Waals surface area contributed by atoms with E-state index in [0.29, 0.717) is 18.3 Å². The summed E-state index contributed by atoms with van der Waals surface area (Å²) in [6.07, 6.45) is 8.33. The van der Waals surface area contributed by atoms with Crippen LogP contribution in [-0.4, -0.2) is 28.2 Å². The van der Waals surface area contributed by atoms with Crippen LogP contribution in [0, 0.1) is 22.7 Å². The predicted octanol–water partition coefficient (Wildman–Crippen LogP) is 2.77. The quantitative estimate of drug-likeness (QED) is 0.677. The summed E-state index contributed by atoms with van der Waals surface area (Å²) < 4.78 is 0. The molecule has 4 rings (SSSR count). The molecular weight excluding hydrogens is 276 g/mol. The molecule has 2 saturated carbocycles. The molecular formula is C19H26O3. The average Bonchev–Trinajstić information content (AvgIpc) is 2.77. The number of hydrogen-bond donors (Lipinski definition) is 2. The lowest BCUT2D eigenvalue weighted by Crippen LogP contribution is -2.52. The Labute approximate surface area is 132 Å². The van der Waals surface area contributed by atoms with Crippen LogP contribution in [0.4, 0.5) is 0 Å². The first-order valence-electron chi connectivity index (χ1n) is 8.67. The molecule has 0 aromatic rings. The van der Waals surface area contributed by atoms with Crippen LogP contribution in [0.5, 0.6) is 0 Å². The van der Waals surface area contributed by atoms with Gasteiger partial charge in [-0.05, 0) is 55.4 Å². The monoisotopic (exact) mass is 302 g/mol. The van der Waals surface area contributed by atoms with Gasteiger partial charge in [-0.1, -0.05) is 31.1 Å². The Bertz CT molecular complexity index is 589. The Balaban J connectivity index is 1.76. The highest BCUT2D eigenvalue weighted by atomic mass is 16.3. The van der Waals surface area contributed by atoms with Gasteiger partial charge >= 0.3 is 0 Å². The van der Waals surface area contributed by atoms with Crippen molar-refractivity contribution in [3.05, 3.63) is 23.3 Å². The molecule has 0 spiro atoms. The summed E-state index contributed by atoms with van der Waals surface area (Å²) in [5, 5.41) is 20.7. The van der Waals surface area contributed by atoms with E-state index in [1.807, 2.05) is 6.08 Å². The van der Waals surface area contributed by atoms with E-state index in [2.05, 4.69) is 19.9 Å². The van der Waals surface area contributed by atoms with Gasteiger partial charge in [0.25, 0.3) is 0 Å². The fourth-order valence-corrected chi connectivity index (χ4v) is 5.85. The molecule has 0 amide bonds. The molecule has 22 heavy (non-hydrogen) atoms. The maximum Gasteiger partial charge on any atom is 0.156 e. The Kier molecular flexibility index (Phi) is 3.03. The van der Waals surface area contributed by atoms with Gasteiger partial charge in [0.15, 0.2) is 5.78 Å². The zero-order chi connectivity index (χ0) is 15.7. The second-order valence-electron chi connectivity index (χ2n) is 8.38. The molecule has 0 saturated heterocycles. The molecule has 4 aliphatic rings. The number of fused-ring (bicyclic) bond motifs is 5. The molecule has 6 atom stereocenters. The Morgan fingerprint density at radius 1 is 1.18 bits per heavy atom. The first kappa shape index (κ1) is 14.6. The number of aliphatic hydroxyl groups is 2. The van der Waals surface area contributed by atoms with Crippen LogP contribution < -0.4 is 0 Å². The predicted molar refractivity (Wildman–Crippen MR) is 84.1 cm³/mol. The van der Waals surface area contributed by atoms with Gasteiger partial charge in [-0.15, -0.1) is 0 Å². The van der Waals surface area contributed by atoms with E-state index in [-0.39, 0.29) is 22.7 Å². The van der Waals surface area contributed by atoms with Crippen LogP contribution in [0.1, 0.15) is 52.4 Å². The van der Waals surface area contributed by atoms with Gasteiger partial charge in [0, 0.05) is 11.8 Å². The minimum Gasteiger partial charge on any atom is -0.392 e. The van der Waals surface area contributed by atoms with Gasteiger partial charge in [-0.3, -0.25) is 4.79 Å². The largest absolute Gasteiger partial charge is 0.392 e. The molecule has 3 heteroatoms. The van der Waals surface area contributed by atoms with E-state index in [0.717, 1.165) is 32.1 Å². The van der Waals surface area contributed by atoms with Crippen molar-refractivity contribution in [1.29, 1.82) is 0 Å². The summed E-state index contributed by atoms with van der Waals surface area (Å²) in [5.41, 5.74) is 2.35. The SMILES string of the molecule is C[C@]12CC[C@H](O)C=C1CC[C@H]1C3=CC(=O)C[C@@]3(C)[C@H](O)C[C@@H]12. The van der Waals surface area contributed by atoms with Gasteiger partial charge in [0.1, 0.15) is 0 Å². The lowest BCUT2D eigenvalue weighted by molar-refractivity contribution is -0.117. The summed E-state index contributed by atoms with van der Waals surface area (Å²) in [6.45, 7) is 4.39. The highest BCUT2D eigenvalue weighted by molar-refractivity contribution is 5.94. The number of carbonyl (C=O) groups excluding carboxylic acids is 1. The van der Waals surface area contributed by atoms with Gasteiger partial charge in [-0.25, -0.2) is 0 Å². The smallest absolute Gasteiger partial charge is 0.156 e. The van der Waals surface area contributed by atoms with Crippen molar-refractivity contribution in [1.82, 2.24) is 0 Å². The van der Waals surface area contributed by atoms with E-state index >= 15 is 0 Å². The van der Waals surface area contributed by atoms with Crippen molar-refractivity contribution in [3.8, 4) is 0 Å². The topological polar surface area (TPSA) is 57.5 Å². The van der Waals surface area contributed by atoms with Crippen molar-refractivity contribution < 1.29 is 15.0 Å². The van der Waals surface area contributed by atoms with Gasteiger partial charge in [0.2, 0.25) is 0 Å². The third-order valence-corrected chi connectivity index (χ3v) is 7.24. The molecule has 0 aliphatic heterocycles.